The molecule has 1 aliphatic carbocycles. The van der Waals surface area contributed by atoms with Crippen LogP contribution in [0.1, 0.15) is 47.9 Å². The molecule has 2 heterocycles. The van der Waals surface area contributed by atoms with Crippen molar-refractivity contribution >= 4 is 5.91 Å². The van der Waals surface area contributed by atoms with E-state index in [4.69, 9.17) is 9.47 Å². The summed E-state index contributed by atoms with van der Waals surface area (Å²) in [5, 5.41) is 11.1. The van der Waals surface area contributed by atoms with E-state index < -0.39 is 0 Å². The molecular weight excluding hydrogens is 346 g/mol. The third kappa shape index (κ3) is 3.62. The fourth-order valence-corrected chi connectivity index (χ4v) is 3.40. The van der Waals surface area contributed by atoms with Gasteiger partial charge in [-0.25, -0.2) is 4.68 Å². The van der Waals surface area contributed by atoms with Crippen LogP contribution >= 0.6 is 0 Å². The summed E-state index contributed by atoms with van der Waals surface area (Å²) in [6, 6.07) is 6.77. The van der Waals surface area contributed by atoms with Crippen LogP contribution in [-0.2, 0) is 0 Å². The van der Waals surface area contributed by atoms with Crippen molar-refractivity contribution < 1.29 is 14.3 Å². The molecule has 144 valence electrons. The predicted octanol–water partition coefficient (Wildman–Crippen LogP) is 1.81. The SMILES string of the molecule is COc1ccc(C(C)N2CC(NC(=O)c3cn(C4CC4)nn3)C2)cc1OC. The van der Waals surface area contributed by atoms with Gasteiger partial charge < -0.3 is 14.8 Å². The fraction of sp³-hybridized carbons (Fsp3) is 0.526. The Morgan fingerprint density at radius 2 is 1.96 bits per heavy atom. The number of nitrogens with zero attached hydrogens (tertiary/aromatic N) is 4. The molecule has 8 nitrogen and oxygen atoms in total. The highest BCUT2D eigenvalue weighted by Crippen LogP contribution is 2.34. The number of carbonyl (C=O) groups is 1. The van der Waals surface area contributed by atoms with Crippen LogP contribution in [0.15, 0.2) is 24.4 Å². The third-order valence-electron chi connectivity index (χ3n) is 5.35. The highest BCUT2D eigenvalue weighted by molar-refractivity contribution is 5.92. The molecule has 1 unspecified atom stereocenters. The Labute approximate surface area is 158 Å². The van der Waals surface area contributed by atoms with Crippen molar-refractivity contribution in [3.63, 3.8) is 0 Å². The Kier molecular flexibility index (Phi) is 4.73. The van der Waals surface area contributed by atoms with Crippen molar-refractivity contribution in [2.24, 2.45) is 0 Å². The summed E-state index contributed by atoms with van der Waals surface area (Å²) in [6.45, 7) is 3.76. The maximum Gasteiger partial charge on any atom is 0.273 e. The number of benzene rings is 1. The van der Waals surface area contributed by atoms with Crippen molar-refractivity contribution in [1.82, 2.24) is 25.2 Å². The van der Waals surface area contributed by atoms with E-state index in [0.717, 1.165) is 43.0 Å². The number of carbonyl (C=O) groups excluding carboxylic acids is 1. The largest absolute Gasteiger partial charge is 0.493 e. The highest BCUT2D eigenvalue weighted by Gasteiger charge is 2.33. The minimum Gasteiger partial charge on any atom is -0.493 e. The van der Waals surface area contributed by atoms with Gasteiger partial charge in [0.05, 0.1) is 32.5 Å². The summed E-state index contributed by atoms with van der Waals surface area (Å²) in [5.74, 6) is 1.30. The standard InChI is InChI=1S/C19H25N5O3/c1-12(13-4-7-17(26-2)18(8-13)27-3)23-9-14(10-23)20-19(25)16-11-24(22-21-16)15-5-6-15/h4,7-8,11-12,14-15H,5-6,9-10H2,1-3H3,(H,20,25). The molecule has 27 heavy (non-hydrogen) atoms. The van der Waals surface area contributed by atoms with Crippen molar-refractivity contribution in [3.05, 3.63) is 35.7 Å². The van der Waals surface area contributed by atoms with Crippen LogP contribution in [0.2, 0.25) is 0 Å². The summed E-state index contributed by atoms with van der Waals surface area (Å²) < 4.78 is 12.5. The molecule has 2 fully saturated rings. The second kappa shape index (κ2) is 7.19. The zero-order valence-corrected chi connectivity index (χ0v) is 15.9. The van der Waals surface area contributed by atoms with Gasteiger partial charge in [0.1, 0.15) is 0 Å². The first kappa shape index (κ1) is 17.8. The summed E-state index contributed by atoms with van der Waals surface area (Å²) in [7, 11) is 3.27. The van der Waals surface area contributed by atoms with Crippen molar-refractivity contribution in [2.45, 2.75) is 37.9 Å². The van der Waals surface area contributed by atoms with Crippen molar-refractivity contribution in [3.8, 4) is 11.5 Å². The van der Waals surface area contributed by atoms with Gasteiger partial charge in [0, 0.05) is 19.1 Å². The summed E-state index contributed by atoms with van der Waals surface area (Å²) in [5.41, 5.74) is 1.55. The molecule has 4 rings (SSSR count). The van der Waals surface area contributed by atoms with Crippen LogP contribution in [0.3, 0.4) is 0 Å². The minimum absolute atomic E-state index is 0.131. The quantitative estimate of drug-likeness (QED) is 0.799. The number of rotatable bonds is 7. The zero-order valence-electron chi connectivity index (χ0n) is 15.9. The molecule has 8 heteroatoms. The lowest BCUT2D eigenvalue weighted by molar-refractivity contribution is 0.0672. The van der Waals surface area contributed by atoms with E-state index in [-0.39, 0.29) is 18.0 Å². The normalized spacial score (nSPS) is 18.6. The Morgan fingerprint density at radius 1 is 1.22 bits per heavy atom. The first-order chi connectivity index (χ1) is 13.1. The Balaban J connectivity index is 1.31. The van der Waals surface area contributed by atoms with Crippen molar-refractivity contribution in [2.75, 3.05) is 27.3 Å². The molecule has 1 aromatic carbocycles. The monoisotopic (exact) mass is 371 g/mol. The van der Waals surface area contributed by atoms with Gasteiger partial charge in [-0.1, -0.05) is 11.3 Å². The first-order valence-corrected chi connectivity index (χ1v) is 9.27. The molecule has 1 aliphatic heterocycles. The Bertz CT molecular complexity index is 827. The molecule has 0 radical (unpaired) electrons. The number of amides is 1. The second-order valence-electron chi connectivity index (χ2n) is 7.23. The van der Waals surface area contributed by atoms with E-state index in [1.165, 1.54) is 0 Å². The van der Waals surface area contributed by atoms with Crippen molar-refractivity contribution in [1.29, 1.82) is 0 Å². The molecule has 1 saturated carbocycles. The molecule has 1 N–H and O–H groups in total. The number of hydrogen-bond donors (Lipinski definition) is 1. The van der Waals surface area contributed by atoms with Gasteiger partial charge in [0.25, 0.3) is 5.91 Å². The average molecular weight is 371 g/mol. The number of hydrogen-bond acceptors (Lipinski definition) is 6. The summed E-state index contributed by atoms with van der Waals surface area (Å²) in [6.07, 6.45) is 3.99. The highest BCUT2D eigenvalue weighted by atomic mass is 16.5. The van der Waals surface area contributed by atoms with E-state index in [1.807, 2.05) is 18.2 Å². The lowest BCUT2D eigenvalue weighted by atomic mass is 10.00. The number of ether oxygens (including phenoxy) is 2. The Morgan fingerprint density at radius 3 is 2.63 bits per heavy atom. The van der Waals surface area contributed by atoms with Crippen LogP contribution in [0.25, 0.3) is 0 Å². The van der Waals surface area contributed by atoms with E-state index in [9.17, 15) is 4.79 Å². The zero-order chi connectivity index (χ0) is 19.0. The molecule has 1 amide bonds. The maximum atomic E-state index is 12.3. The molecule has 0 bridgehead atoms. The van der Waals surface area contributed by atoms with Gasteiger partial charge in [-0.05, 0) is 37.5 Å². The number of methoxy groups -OCH3 is 2. The van der Waals surface area contributed by atoms with Gasteiger partial charge in [-0.15, -0.1) is 5.10 Å². The van der Waals surface area contributed by atoms with Gasteiger partial charge >= 0.3 is 0 Å². The first-order valence-electron chi connectivity index (χ1n) is 9.27. The molecule has 1 aromatic heterocycles. The van der Waals surface area contributed by atoms with E-state index in [1.54, 1.807) is 25.1 Å². The topological polar surface area (TPSA) is 81.5 Å². The van der Waals surface area contributed by atoms with E-state index in [0.29, 0.717) is 11.7 Å². The summed E-state index contributed by atoms with van der Waals surface area (Å²) in [4.78, 5) is 14.6. The molecule has 2 aliphatic rings. The number of nitrogens with one attached hydrogen (secondary N) is 1. The molecule has 2 aromatic rings. The Hall–Kier alpha value is -2.61. The fourth-order valence-electron chi connectivity index (χ4n) is 3.40. The molecule has 0 spiro atoms. The van der Waals surface area contributed by atoms with Gasteiger partial charge in [0.15, 0.2) is 17.2 Å². The molecule has 1 saturated heterocycles. The lowest BCUT2D eigenvalue weighted by Crippen LogP contribution is -2.59. The number of likely N-dealkylation sites (tertiary alicyclic amines) is 1. The van der Waals surface area contributed by atoms with E-state index >= 15 is 0 Å². The smallest absolute Gasteiger partial charge is 0.273 e. The summed E-state index contributed by atoms with van der Waals surface area (Å²) >= 11 is 0. The van der Waals surface area contributed by atoms with Crippen LogP contribution in [0.5, 0.6) is 11.5 Å². The third-order valence-corrected chi connectivity index (χ3v) is 5.35. The van der Waals surface area contributed by atoms with Crippen LogP contribution in [0.4, 0.5) is 0 Å². The average Bonchev–Trinajstić information content (AvgIpc) is 3.39. The van der Waals surface area contributed by atoms with Crippen LogP contribution < -0.4 is 14.8 Å². The minimum atomic E-state index is -0.148. The van der Waals surface area contributed by atoms with Gasteiger partial charge in [-0.2, -0.15) is 0 Å². The van der Waals surface area contributed by atoms with Gasteiger partial charge in [0.2, 0.25) is 0 Å². The molecule has 1 atom stereocenters. The lowest BCUT2D eigenvalue weighted by Gasteiger charge is -2.43. The molecular formula is C19H25N5O3. The van der Waals surface area contributed by atoms with Gasteiger partial charge in [-0.3, -0.25) is 9.69 Å². The predicted molar refractivity (Wildman–Crippen MR) is 99.1 cm³/mol. The second-order valence-corrected chi connectivity index (χ2v) is 7.23. The van der Waals surface area contributed by atoms with Crippen LogP contribution in [-0.4, -0.2) is 59.2 Å². The van der Waals surface area contributed by atoms with Crippen LogP contribution in [0, 0.1) is 0 Å². The van der Waals surface area contributed by atoms with E-state index in [2.05, 4.69) is 27.5 Å². The number of aromatic nitrogens is 3. The maximum absolute atomic E-state index is 12.3.